The van der Waals surface area contributed by atoms with Crippen LogP contribution in [-0.4, -0.2) is 4.98 Å². The molecule has 0 amide bonds. The van der Waals surface area contributed by atoms with E-state index < -0.39 is 0 Å². The molecule has 0 unspecified atom stereocenters. The number of aromatic nitrogens is 1. The zero-order valence-corrected chi connectivity index (χ0v) is 11.6. The fraction of sp³-hybridized carbons (Fsp3) is 0.167. The van der Waals surface area contributed by atoms with E-state index in [1.807, 2.05) is 6.07 Å². The van der Waals surface area contributed by atoms with Crippen LogP contribution in [0.4, 0.5) is 0 Å². The van der Waals surface area contributed by atoms with Crippen LogP contribution in [0.1, 0.15) is 16.7 Å². The third kappa shape index (κ3) is 2.01. The van der Waals surface area contributed by atoms with Crippen LogP contribution >= 0.6 is 0 Å². The van der Waals surface area contributed by atoms with E-state index >= 15 is 0 Å². The maximum Gasteiger partial charge on any atom is 0.0717 e. The van der Waals surface area contributed by atoms with E-state index in [-0.39, 0.29) is 0 Å². The number of benzene rings is 2. The summed E-state index contributed by atoms with van der Waals surface area (Å²) in [7, 11) is 0. The number of hydrogen-bond donors (Lipinski definition) is 0. The molecule has 1 heterocycles. The summed E-state index contributed by atoms with van der Waals surface area (Å²) in [5, 5.41) is 1.23. The van der Waals surface area contributed by atoms with Crippen LogP contribution in [0.15, 0.2) is 48.5 Å². The first kappa shape index (κ1) is 11.9. The van der Waals surface area contributed by atoms with Gasteiger partial charge in [0.2, 0.25) is 0 Å². The molecule has 0 radical (unpaired) electrons. The molecule has 1 heteroatoms. The van der Waals surface area contributed by atoms with Gasteiger partial charge in [0, 0.05) is 10.9 Å². The number of para-hydroxylation sites is 1. The molecule has 0 saturated heterocycles. The first-order valence-corrected chi connectivity index (χ1v) is 6.60. The number of nitrogens with zero attached hydrogens (tertiary/aromatic N) is 1. The molecular weight excluding hydrogens is 230 g/mol. The lowest BCUT2D eigenvalue weighted by Gasteiger charge is -2.11. The van der Waals surface area contributed by atoms with Gasteiger partial charge in [0.1, 0.15) is 0 Å². The van der Waals surface area contributed by atoms with Crippen molar-refractivity contribution in [1.29, 1.82) is 0 Å². The van der Waals surface area contributed by atoms with Gasteiger partial charge < -0.3 is 0 Å². The van der Waals surface area contributed by atoms with Crippen LogP contribution in [0.5, 0.6) is 0 Å². The van der Waals surface area contributed by atoms with Gasteiger partial charge in [0.25, 0.3) is 0 Å². The van der Waals surface area contributed by atoms with E-state index in [4.69, 9.17) is 4.98 Å². The largest absolute Gasteiger partial charge is 0.248 e. The molecule has 3 aromatic rings. The minimum absolute atomic E-state index is 1.07. The Morgan fingerprint density at radius 3 is 2.16 bits per heavy atom. The number of pyridine rings is 1. The van der Waals surface area contributed by atoms with Crippen LogP contribution in [0.2, 0.25) is 0 Å². The second-order valence-electron chi connectivity index (χ2n) is 5.11. The number of hydrogen-bond acceptors (Lipinski definition) is 1. The molecule has 0 aliphatic carbocycles. The third-order valence-electron chi connectivity index (χ3n) is 3.66. The lowest BCUT2D eigenvalue weighted by atomic mass is 9.97. The molecule has 0 aliphatic heterocycles. The second kappa shape index (κ2) is 4.51. The summed E-state index contributed by atoms with van der Waals surface area (Å²) in [5.74, 6) is 0. The maximum atomic E-state index is 4.83. The summed E-state index contributed by atoms with van der Waals surface area (Å²) in [4.78, 5) is 4.83. The highest BCUT2D eigenvalue weighted by atomic mass is 14.7. The topological polar surface area (TPSA) is 12.9 Å². The molecule has 3 rings (SSSR count). The Morgan fingerprint density at radius 2 is 1.42 bits per heavy atom. The average Bonchev–Trinajstić information content (AvgIpc) is 2.38. The van der Waals surface area contributed by atoms with Gasteiger partial charge in [-0.15, -0.1) is 0 Å². The Labute approximate surface area is 113 Å². The Kier molecular flexibility index (Phi) is 2.83. The molecular formula is C18H17N. The van der Waals surface area contributed by atoms with Gasteiger partial charge in [0.05, 0.1) is 11.2 Å². The minimum atomic E-state index is 1.07. The Bertz CT molecular complexity index is 736. The molecule has 0 aliphatic rings. The molecule has 94 valence electrons. The molecule has 2 aromatic carbocycles. The van der Waals surface area contributed by atoms with Crippen molar-refractivity contribution in [2.45, 2.75) is 20.8 Å². The lowest BCUT2D eigenvalue weighted by molar-refractivity contribution is 1.30. The van der Waals surface area contributed by atoms with Crippen LogP contribution < -0.4 is 0 Å². The van der Waals surface area contributed by atoms with E-state index in [2.05, 4.69) is 63.2 Å². The summed E-state index contributed by atoms with van der Waals surface area (Å²) in [5.41, 5.74) is 7.25. The molecule has 1 nitrogen and oxygen atoms in total. The molecule has 0 saturated carbocycles. The van der Waals surface area contributed by atoms with E-state index in [0.717, 1.165) is 11.2 Å². The van der Waals surface area contributed by atoms with Crippen LogP contribution in [0.25, 0.3) is 22.2 Å². The van der Waals surface area contributed by atoms with Crippen molar-refractivity contribution in [1.82, 2.24) is 4.98 Å². The second-order valence-corrected chi connectivity index (χ2v) is 5.11. The van der Waals surface area contributed by atoms with Gasteiger partial charge in [-0.25, -0.2) is 4.98 Å². The van der Waals surface area contributed by atoms with Gasteiger partial charge in [0.15, 0.2) is 0 Å². The van der Waals surface area contributed by atoms with Crippen molar-refractivity contribution in [3.05, 3.63) is 65.2 Å². The molecule has 0 atom stereocenters. The molecule has 0 N–H and O–H groups in total. The number of aryl methyl sites for hydroxylation is 3. The van der Waals surface area contributed by atoms with Crippen molar-refractivity contribution < 1.29 is 0 Å². The maximum absolute atomic E-state index is 4.83. The molecule has 19 heavy (non-hydrogen) atoms. The predicted molar refractivity (Wildman–Crippen MR) is 81.4 cm³/mol. The fourth-order valence-electron chi connectivity index (χ4n) is 2.70. The zero-order chi connectivity index (χ0) is 13.4. The van der Waals surface area contributed by atoms with Gasteiger partial charge in [-0.3, -0.25) is 0 Å². The van der Waals surface area contributed by atoms with E-state index in [1.54, 1.807) is 0 Å². The van der Waals surface area contributed by atoms with Crippen molar-refractivity contribution in [3.63, 3.8) is 0 Å². The fourth-order valence-corrected chi connectivity index (χ4v) is 2.70. The average molecular weight is 247 g/mol. The van der Waals surface area contributed by atoms with Gasteiger partial charge >= 0.3 is 0 Å². The van der Waals surface area contributed by atoms with Crippen LogP contribution in [0, 0.1) is 20.8 Å². The molecule has 1 aromatic heterocycles. The zero-order valence-electron chi connectivity index (χ0n) is 11.6. The smallest absolute Gasteiger partial charge is 0.0717 e. The first-order valence-electron chi connectivity index (χ1n) is 6.60. The van der Waals surface area contributed by atoms with Crippen LogP contribution in [-0.2, 0) is 0 Å². The molecule has 0 spiro atoms. The van der Waals surface area contributed by atoms with E-state index in [1.165, 1.54) is 27.6 Å². The highest BCUT2D eigenvalue weighted by Gasteiger charge is 2.09. The SMILES string of the molecule is Cc1cccc(C)c1-c1cc(C)c2ccccc2n1. The van der Waals surface area contributed by atoms with Crippen molar-refractivity contribution in [2.75, 3.05) is 0 Å². The summed E-state index contributed by atoms with van der Waals surface area (Å²) in [6, 6.07) is 16.9. The number of fused-ring (bicyclic) bond motifs is 1. The Balaban J connectivity index is 2.32. The van der Waals surface area contributed by atoms with E-state index in [0.29, 0.717) is 0 Å². The summed E-state index contributed by atoms with van der Waals surface area (Å²) in [6.07, 6.45) is 0. The molecule has 0 bridgehead atoms. The highest BCUT2D eigenvalue weighted by Crippen LogP contribution is 2.28. The van der Waals surface area contributed by atoms with Crippen LogP contribution in [0.3, 0.4) is 0 Å². The van der Waals surface area contributed by atoms with Gasteiger partial charge in [-0.2, -0.15) is 0 Å². The molecule has 0 fully saturated rings. The quantitative estimate of drug-likeness (QED) is 0.600. The van der Waals surface area contributed by atoms with Crippen molar-refractivity contribution in [3.8, 4) is 11.3 Å². The van der Waals surface area contributed by atoms with Crippen molar-refractivity contribution >= 4 is 10.9 Å². The Morgan fingerprint density at radius 1 is 0.737 bits per heavy atom. The summed E-state index contributed by atoms with van der Waals surface area (Å²) >= 11 is 0. The predicted octanol–water partition coefficient (Wildman–Crippen LogP) is 4.83. The Hall–Kier alpha value is -2.15. The number of rotatable bonds is 1. The normalized spacial score (nSPS) is 10.9. The lowest BCUT2D eigenvalue weighted by Crippen LogP contribution is -1.93. The minimum Gasteiger partial charge on any atom is -0.248 e. The first-order chi connectivity index (χ1) is 9.16. The van der Waals surface area contributed by atoms with Crippen molar-refractivity contribution in [2.24, 2.45) is 0 Å². The third-order valence-corrected chi connectivity index (χ3v) is 3.66. The standard InChI is InChI=1S/C18H17N/c1-12-7-6-8-13(2)18(12)17-11-14(3)15-9-4-5-10-16(15)19-17/h4-11H,1-3H3. The summed E-state index contributed by atoms with van der Waals surface area (Å²) in [6.45, 7) is 6.45. The van der Waals surface area contributed by atoms with E-state index in [9.17, 15) is 0 Å². The monoisotopic (exact) mass is 247 g/mol. The van der Waals surface area contributed by atoms with Gasteiger partial charge in [-0.1, -0.05) is 36.4 Å². The summed E-state index contributed by atoms with van der Waals surface area (Å²) < 4.78 is 0. The van der Waals surface area contributed by atoms with Gasteiger partial charge in [-0.05, 0) is 49.6 Å². The highest BCUT2D eigenvalue weighted by molar-refractivity contribution is 5.85.